The van der Waals surface area contributed by atoms with Crippen LogP contribution in [-0.2, 0) is 6.54 Å². The van der Waals surface area contributed by atoms with Crippen molar-refractivity contribution >= 4 is 35.8 Å². The monoisotopic (exact) mass is 486 g/mol. The van der Waals surface area contributed by atoms with Gasteiger partial charge in [0, 0.05) is 38.3 Å². The van der Waals surface area contributed by atoms with Gasteiger partial charge in [0.2, 0.25) is 0 Å². The number of nitrogens with one attached hydrogen (secondary N) is 1. The molecule has 0 saturated carbocycles. The molecule has 2 saturated heterocycles. The minimum atomic E-state index is -0.265. The van der Waals surface area contributed by atoms with E-state index in [0.717, 1.165) is 62.5 Å². The fourth-order valence-electron chi connectivity index (χ4n) is 3.56. The SMILES string of the molecule is CCNC(=NCc1ccc(C(=O)N2CCCCC2)cc1)N1CC[C@@H](O)C1.I. The number of amides is 1. The average molecular weight is 486 g/mol. The molecular formula is C20H31IN4O2. The Labute approximate surface area is 179 Å². The Morgan fingerprint density at radius 2 is 1.85 bits per heavy atom. The van der Waals surface area contributed by atoms with Crippen LogP contribution in [-0.4, -0.2) is 65.6 Å². The number of carbonyl (C=O) groups excluding carboxylic acids is 1. The van der Waals surface area contributed by atoms with E-state index in [1.807, 2.05) is 36.1 Å². The number of aliphatic hydroxyl groups excluding tert-OH is 1. The Kier molecular flexibility index (Phi) is 8.82. The number of rotatable bonds is 4. The molecule has 1 aromatic carbocycles. The van der Waals surface area contributed by atoms with Gasteiger partial charge in [-0.05, 0) is 50.3 Å². The normalized spacial score (nSPS) is 20.4. The molecule has 1 aromatic rings. The Hall–Kier alpha value is -1.35. The summed E-state index contributed by atoms with van der Waals surface area (Å²) >= 11 is 0. The van der Waals surface area contributed by atoms with E-state index >= 15 is 0 Å². The van der Waals surface area contributed by atoms with Crippen molar-refractivity contribution in [1.29, 1.82) is 0 Å². The highest BCUT2D eigenvalue weighted by Gasteiger charge is 2.22. The molecule has 0 bridgehead atoms. The lowest BCUT2D eigenvalue weighted by atomic mass is 10.1. The van der Waals surface area contributed by atoms with Gasteiger partial charge in [-0.15, -0.1) is 24.0 Å². The molecule has 0 unspecified atom stereocenters. The lowest BCUT2D eigenvalue weighted by Crippen LogP contribution is -2.40. The van der Waals surface area contributed by atoms with Crippen LogP contribution in [0.4, 0.5) is 0 Å². The number of guanidine groups is 1. The maximum Gasteiger partial charge on any atom is 0.253 e. The first kappa shape index (κ1) is 21.9. The number of carbonyl (C=O) groups is 1. The van der Waals surface area contributed by atoms with Crippen molar-refractivity contribution in [2.75, 3.05) is 32.7 Å². The second-order valence-electron chi connectivity index (χ2n) is 7.11. The van der Waals surface area contributed by atoms with E-state index in [0.29, 0.717) is 13.1 Å². The molecule has 6 nitrogen and oxygen atoms in total. The fourth-order valence-corrected chi connectivity index (χ4v) is 3.56. The predicted octanol–water partition coefficient (Wildman–Crippen LogP) is 2.46. The highest BCUT2D eigenvalue weighted by Crippen LogP contribution is 2.15. The predicted molar refractivity (Wildman–Crippen MR) is 119 cm³/mol. The quantitative estimate of drug-likeness (QED) is 0.390. The summed E-state index contributed by atoms with van der Waals surface area (Å²) in [6.45, 7) is 6.62. The topological polar surface area (TPSA) is 68.2 Å². The van der Waals surface area contributed by atoms with Crippen LogP contribution >= 0.6 is 24.0 Å². The molecule has 0 spiro atoms. The van der Waals surface area contributed by atoms with Gasteiger partial charge in [0.1, 0.15) is 0 Å². The minimum Gasteiger partial charge on any atom is -0.391 e. The van der Waals surface area contributed by atoms with Gasteiger partial charge in [0.15, 0.2) is 5.96 Å². The van der Waals surface area contributed by atoms with E-state index in [2.05, 4.69) is 15.2 Å². The standard InChI is InChI=1S/C20H30N4O2.HI/c1-2-21-20(24-13-10-18(25)15-24)22-14-16-6-8-17(9-7-16)19(26)23-11-4-3-5-12-23;/h6-9,18,25H,2-5,10-15H2,1H3,(H,21,22);1H/t18-;/m1./s1. The molecule has 2 N–H and O–H groups in total. The summed E-state index contributed by atoms with van der Waals surface area (Å²) in [7, 11) is 0. The zero-order chi connectivity index (χ0) is 18.4. The second-order valence-corrected chi connectivity index (χ2v) is 7.11. The molecule has 2 aliphatic rings. The molecule has 0 aromatic heterocycles. The summed E-state index contributed by atoms with van der Waals surface area (Å²) < 4.78 is 0. The molecule has 27 heavy (non-hydrogen) atoms. The highest BCUT2D eigenvalue weighted by molar-refractivity contribution is 14.0. The van der Waals surface area contributed by atoms with Gasteiger partial charge in [0.25, 0.3) is 5.91 Å². The summed E-state index contributed by atoms with van der Waals surface area (Å²) in [5.74, 6) is 0.983. The molecule has 7 heteroatoms. The molecule has 0 radical (unpaired) electrons. The van der Waals surface area contributed by atoms with Crippen molar-refractivity contribution in [1.82, 2.24) is 15.1 Å². The number of β-amino-alcohol motifs (C(OH)–C–C–N with tert-alkyl or cyclic N) is 1. The van der Waals surface area contributed by atoms with E-state index in [-0.39, 0.29) is 36.0 Å². The van der Waals surface area contributed by atoms with Gasteiger partial charge in [-0.25, -0.2) is 4.99 Å². The largest absolute Gasteiger partial charge is 0.391 e. The molecule has 2 heterocycles. The number of aliphatic imine (C=N–C) groups is 1. The summed E-state index contributed by atoms with van der Waals surface area (Å²) in [6, 6.07) is 7.80. The fraction of sp³-hybridized carbons (Fsp3) is 0.600. The van der Waals surface area contributed by atoms with Gasteiger partial charge >= 0.3 is 0 Å². The lowest BCUT2D eigenvalue weighted by Gasteiger charge is -2.26. The number of aliphatic hydroxyl groups is 1. The lowest BCUT2D eigenvalue weighted by molar-refractivity contribution is 0.0724. The number of hydrogen-bond acceptors (Lipinski definition) is 3. The smallest absolute Gasteiger partial charge is 0.253 e. The number of nitrogens with zero attached hydrogens (tertiary/aromatic N) is 3. The number of piperidine rings is 1. The van der Waals surface area contributed by atoms with Crippen molar-refractivity contribution in [2.45, 2.75) is 45.3 Å². The number of hydrogen-bond donors (Lipinski definition) is 2. The van der Waals surface area contributed by atoms with Crippen LogP contribution in [0.2, 0.25) is 0 Å². The third-order valence-corrected chi connectivity index (χ3v) is 5.05. The van der Waals surface area contributed by atoms with Crippen LogP contribution in [0.1, 0.15) is 48.5 Å². The van der Waals surface area contributed by atoms with E-state index in [1.54, 1.807) is 0 Å². The van der Waals surface area contributed by atoms with Crippen molar-refractivity contribution in [2.24, 2.45) is 4.99 Å². The van der Waals surface area contributed by atoms with Crippen LogP contribution in [0, 0.1) is 0 Å². The Morgan fingerprint density at radius 1 is 1.15 bits per heavy atom. The zero-order valence-electron chi connectivity index (χ0n) is 16.1. The first-order valence-electron chi connectivity index (χ1n) is 9.77. The molecule has 0 aliphatic carbocycles. The van der Waals surface area contributed by atoms with Crippen molar-refractivity contribution < 1.29 is 9.90 Å². The first-order valence-corrected chi connectivity index (χ1v) is 9.77. The molecule has 1 atom stereocenters. The molecular weight excluding hydrogens is 455 g/mol. The van der Waals surface area contributed by atoms with Crippen LogP contribution in [0.15, 0.2) is 29.3 Å². The van der Waals surface area contributed by atoms with Gasteiger partial charge < -0.3 is 20.2 Å². The molecule has 150 valence electrons. The van der Waals surface area contributed by atoms with Gasteiger partial charge in [-0.2, -0.15) is 0 Å². The van der Waals surface area contributed by atoms with E-state index in [9.17, 15) is 9.90 Å². The van der Waals surface area contributed by atoms with Crippen molar-refractivity contribution in [3.63, 3.8) is 0 Å². The molecule has 2 aliphatic heterocycles. The van der Waals surface area contributed by atoms with Gasteiger partial charge in [0.05, 0.1) is 12.6 Å². The Morgan fingerprint density at radius 3 is 2.44 bits per heavy atom. The molecule has 2 fully saturated rings. The first-order chi connectivity index (χ1) is 12.7. The van der Waals surface area contributed by atoms with Crippen molar-refractivity contribution in [3.8, 4) is 0 Å². The third-order valence-electron chi connectivity index (χ3n) is 5.05. The van der Waals surface area contributed by atoms with Crippen molar-refractivity contribution in [3.05, 3.63) is 35.4 Å². The molecule has 3 rings (SSSR count). The second kappa shape index (κ2) is 10.8. The summed E-state index contributed by atoms with van der Waals surface area (Å²) in [5, 5.41) is 13.0. The Bertz CT molecular complexity index is 629. The van der Waals surface area contributed by atoms with E-state index in [1.165, 1.54) is 6.42 Å². The minimum absolute atomic E-state index is 0. The Balaban J connectivity index is 0.00000261. The summed E-state index contributed by atoms with van der Waals surface area (Å²) in [5.41, 5.74) is 1.84. The summed E-state index contributed by atoms with van der Waals surface area (Å²) in [6.07, 6.45) is 3.97. The summed E-state index contributed by atoms with van der Waals surface area (Å²) in [4.78, 5) is 21.3. The molecule has 1 amide bonds. The maximum absolute atomic E-state index is 12.5. The van der Waals surface area contributed by atoms with Crippen LogP contribution in [0.3, 0.4) is 0 Å². The van der Waals surface area contributed by atoms with E-state index in [4.69, 9.17) is 0 Å². The highest BCUT2D eigenvalue weighted by atomic mass is 127. The zero-order valence-corrected chi connectivity index (χ0v) is 18.4. The van der Waals surface area contributed by atoms with Gasteiger partial charge in [-0.1, -0.05) is 12.1 Å². The maximum atomic E-state index is 12.5. The number of halogens is 1. The van der Waals surface area contributed by atoms with Crippen LogP contribution in [0.25, 0.3) is 0 Å². The number of likely N-dealkylation sites (tertiary alicyclic amines) is 2. The van der Waals surface area contributed by atoms with E-state index < -0.39 is 0 Å². The van der Waals surface area contributed by atoms with Crippen LogP contribution < -0.4 is 5.32 Å². The third kappa shape index (κ3) is 6.07. The number of benzene rings is 1. The van der Waals surface area contributed by atoms with Gasteiger partial charge in [-0.3, -0.25) is 4.79 Å². The van der Waals surface area contributed by atoms with Crippen LogP contribution in [0.5, 0.6) is 0 Å². The average Bonchev–Trinajstić information content (AvgIpc) is 3.12.